The monoisotopic (exact) mass is 284 g/mol. The Morgan fingerprint density at radius 1 is 1.45 bits per heavy atom. The summed E-state index contributed by atoms with van der Waals surface area (Å²) in [5.74, 6) is -1.41. The van der Waals surface area contributed by atoms with Gasteiger partial charge in [-0.3, -0.25) is 4.79 Å². The van der Waals surface area contributed by atoms with Gasteiger partial charge in [-0.15, -0.1) is 0 Å². The molecule has 6 heteroatoms. The topological polar surface area (TPSA) is 70.1 Å². The predicted octanol–water partition coefficient (Wildman–Crippen LogP) is 1.40. The van der Waals surface area contributed by atoms with Crippen molar-refractivity contribution in [1.29, 1.82) is 0 Å². The lowest BCUT2D eigenvalue weighted by molar-refractivity contribution is -0.141. The highest BCUT2D eigenvalue weighted by molar-refractivity contribution is 5.76. The van der Waals surface area contributed by atoms with E-state index in [4.69, 9.17) is 9.84 Å². The molecule has 1 aliphatic carbocycles. The number of morpholine rings is 1. The minimum Gasteiger partial charge on any atom is -0.481 e. The number of fused-ring (bicyclic) bond motifs is 1. The lowest BCUT2D eigenvalue weighted by atomic mass is 10.1. The molecule has 0 bridgehead atoms. The van der Waals surface area contributed by atoms with E-state index in [0.29, 0.717) is 19.7 Å². The molecule has 1 saturated heterocycles. The molecular weight excluding hydrogens is 260 g/mol. The molecule has 0 aromatic heterocycles. The average Bonchev–Trinajstić information content (AvgIpc) is 2.91. The molecule has 3 unspecified atom stereocenters. The molecule has 0 aromatic carbocycles. The van der Waals surface area contributed by atoms with E-state index >= 15 is 0 Å². The fraction of sp³-hybridized carbons (Fsp3) is 0.857. The van der Waals surface area contributed by atoms with Gasteiger partial charge in [-0.1, -0.05) is 6.92 Å². The largest absolute Gasteiger partial charge is 0.481 e. The highest BCUT2D eigenvalue weighted by Crippen LogP contribution is 2.30. The van der Waals surface area contributed by atoms with Gasteiger partial charge < -0.3 is 19.6 Å². The molecule has 2 rings (SSSR count). The summed E-state index contributed by atoms with van der Waals surface area (Å²) in [6, 6.07) is 0.131. The van der Waals surface area contributed by atoms with E-state index in [-0.39, 0.29) is 24.7 Å². The Balaban J connectivity index is 2.01. The van der Waals surface area contributed by atoms with Gasteiger partial charge in [-0.05, 0) is 26.2 Å². The molecule has 0 radical (unpaired) electrons. The van der Waals surface area contributed by atoms with E-state index in [9.17, 15) is 9.59 Å². The van der Waals surface area contributed by atoms with Gasteiger partial charge in [-0.2, -0.15) is 0 Å². The van der Waals surface area contributed by atoms with Crippen molar-refractivity contribution in [3.8, 4) is 0 Å². The van der Waals surface area contributed by atoms with Gasteiger partial charge in [0.2, 0.25) is 0 Å². The van der Waals surface area contributed by atoms with Crippen LogP contribution in [0.25, 0.3) is 0 Å². The molecule has 3 atom stereocenters. The third-order valence-electron chi connectivity index (χ3n) is 4.30. The molecule has 1 saturated carbocycles. The number of carbonyl (C=O) groups is 2. The Kier molecular flexibility index (Phi) is 4.86. The number of ether oxygens (including phenoxy) is 1. The van der Waals surface area contributed by atoms with E-state index in [1.165, 1.54) is 0 Å². The Bertz CT molecular complexity index is 374. The van der Waals surface area contributed by atoms with Crippen LogP contribution in [-0.2, 0) is 9.53 Å². The normalized spacial score (nSPS) is 27.0. The van der Waals surface area contributed by atoms with Crippen molar-refractivity contribution in [3.05, 3.63) is 0 Å². The van der Waals surface area contributed by atoms with Crippen LogP contribution in [0.5, 0.6) is 0 Å². The van der Waals surface area contributed by atoms with Crippen LogP contribution in [0.2, 0.25) is 0 Å². The molecule has 2 aliphatic rings. The first-order valence-electron chi connectivity index (χ1n) is 7.44. The molecule has 2 fully saturated rings. The van der Waals surface area contributed by atoms with Crippen LogP contribution in [0.4, 0.5) is 4.79 Å². The Labute approximate surface area is 119 Å². The van der Waals surface area contributed by atoms with Crippen LogP contribution in [0.1, 0.15) is 33.1 Å². The number of nitrogens with zero attached hydrogens (tertiary/aromatic N) is 2. The van der Waals surface area contributed by atoms with Crippen molar-refractivity contribution in [2.45, 2.75) is 45.3 Å². The summed E-state index contributed by atoms with van der Waals surface area (Å²) in [4.78, 5) is 27.1. The minimum absolute atomic E-state index is 0.0409. The molecule has 0 spiro atoms. The van der Waals surface area contributed by atoms with Crippen LogP contribution in [-0.4, -0.2) is 65.3 Å². The molecule has 0 aromatic rings. The summed E-state index contributed by atoms with van der Waals surface area (Å²) < 4.78 is 5.71. The Morgan fingerprint density at radius 2 is 2.20 bits per heavy atom. The highest BCUT2D eigenvalue weighted by Gasteiger charge is 2.39. The standard InChI is InChI=1S/C14H24N2O4/c1-3-15(9-10(2)13(17)18)14(19)16-7-8-20-12-6-4-5-11(12)16/h10-12H,3-9H2,1-2H3,(H,17,18). The highest BCUT2D eigenvalue weighted by atomic mass is 16.5. The Hall–Kier alpha value is -1.30. The number of rotatable bonds is 4. The van der Waals surface area contributed by atoms with Crippen molar-refractivity contribution in [2.24, 2.45) is 5.92 Å². The quantitative estimate of drug-likeness (QED) is 0.847. The van der Waals surface area contributed by atoms with E-state index in [2.05, 4.69) is 0 Å². The van der Waals surface area contributed by atoms with Gasteiger partial charge >= 0.3 is 12.0 Å². The van der Waals surface area contributed by atoms with Gasteiger partial charge in [0.15, 0.2) is 0 Å². The summed E-state index contributed by atoms with van der Waals surface area (Å²) in [5.41, 5.74) is 0. The van der Waals surface area contributed by atoms with Crippen molar-refractivity contribution in [1.82, 2.24) is 9.80 Å². The second kappa shape index (κ2) is 6.43. The van der Waals surface area contributed by atoms with Gasteiger partial charge in [0, 0.05) is 19.6 Å². The SMILES string of the molecule is CCN(CC(C)C(=O)O)C(=O)N1CCOC2CCCC21. The summed E-state index contributed by atoms with van der Waals surface area (Å²) in [5, 5.41) is 9.00. The number of carboxylic acid groups (broad SMARTS) is 1. The maximum Gasteiger partial charge on any atom is 0.320 e. The molecule has 20 heavy (non-hydrogen) atoms. The van der Waals surface area contributed by atoms with Gasteiger partial charge in [-0.25, -0.2) is 4.79 Å². The predicted molar refractivity (Wildman–Crippen MR) is 73.5 cm³/mol. The fourth-order valence-electron chi connectivity index (χ4n) is 3.10. The van der Waals surface area contributed by atoms with Gasteiger partial charge in [0.25, 0.3) is 0 Å². The number of urea groups is 1. The van der Waals surface area contributed by atoms with E-state index in [1.54, 1.807) is 11.8 Å². The molecule has 1 heterocycles. The van der Waals surface area contributed by atoms with Crippen LogP contribution >= 0.6 is 0 Å². The summed E-state index contributed by atoms with van der Waals surface area (Å²) in [6.07, 6.45) is 3.27. The maximum absolute atomic E-state index is 12.6. The molecule has 6 nitrogen and oxygen atoms in total. The van der Waals surface area contributed by atoms with Gasteiger partial charge in [0.05, 0.1) is 24.7 Å². The molecular formula is C14H24N2O4. The summed E-state index contributed by atoms with van der Waals surface area (Å²) in [7, 11) is 0. The van der Waals surface area contributed by atoms with Crippen molar-refractivity contribution in [3.63, 3.8) is 0 Å². The average molecular weight is 284 g/mol. The maximum atomic E-state index is 12.6. The summed E-state index contributed by atoms with van der Waals surface area (Å²) >= 11 is 0. The third-order valence-corrected chi connectivity index (χ3v) is 4.30. The number of carboxylic acids is 1. The van der Waals surface area contributed by atoms with Gasteiger partial charge in [0.1, 0.15) is 0 Å². The summed E-state index contributed by atoms with van der Waals surface area (Å²) in [6.45, 7) is 5.51. The first-order valence-corrected chi connectivity index (χ1v) is 7.44. The number of carbonyl (C=O) groups excluding carboxylic acids is 1. The molecule has 1 N–H and O–H groups in total. The molecule has 114 valence electrons. The zero-order valence-electron chi connectivity index (χ0n) is 12.2. The number of aliphatic carboxylic acids is 1. The minimum atomic E-state index is -0.864. The van der Waals surface area contributed by atoms with E-state index in [0.717, 1.165) is 19.3 Å². The van der Waals surface area contributed by atoms with Crippen LogP contribution < -0.4 is 0 Å². The van der Waals surface area contributed by atoms with Crippen LogP contribution in [0.3, 0.4) is 0 Å². The zero-order valence-corrected chi connectivity index (χ0v) is 12.2. The zero-order chi connectivity index (χ0) is 14.7. The lowest BCUT2D eigenvalue weighted by Gasteiger charge is -2.40. The van der Waals surface area contributed by atoms with Crippen molar-refractivity contribution in [2.75, 3.05) is 26.2 Å². The van der Waals surface area contributed by atoms with E-state index in [1.807, 2.05) is 11.8 Å². The first-order chi connectivity index (χ1) is 9.54. The second-order valence-corrected chi connectivity index (χ2v) is 5.66. The fourth-order valence-corrected chi connectivity index (χ4v) is 3.10. The first kappa shape index (κ1) is 15.1. The van der Waals surface area contributed by atoms with E-state index < -0.39 is 11.9 Å². The molecule has 1 aliphatic heterocycles. The number of hydrogen-bond donors (Lipinski definition) is 1. The molecule has 2 amide bonds. The Morgan fingerprint density at radius 3 is 2.85 bits per heavy atom. The number of amides is 2. The number of hydrogen-bond acceptors (Lipinski definition) is 3. The van der Waals surface area contributed by atoms with Crippen molar-refractivity contribution >= 4 is 12.0 Å². The van der Waals surface area contributed by atoms with Crippen LogP contribution in [0, 0.1) is 5.92 Å². The smallest absolute Gasteiger partial charge is 0.320 e. The van der Waals surface area contributed by atoms with Crippen molar-refractivity contribution < 1.29 is 19.4 Å². The second-order valence-electron chi connectivity index (χ2n) is 5.66. The third kappa shape index (κ3) is 3.06. The van der Waals surface area contributed by atoms with Crippen LogP contribution in [0.15, 0.2) is 0 Å². The lowest BCUT2D eigenvalue weighted by Crippen LogP contribution is -2.56.